The van der Waals surface area contributed by atoms with E-state index in [1.165, 1.54) is 0 Å². The van der Waals surface area contributed by atoms with Crippen molar-refractivity contribution in [3.8, 4) is 11.4 Å². The molecule has 0 radical (unpaired) electrons. The van der Waals surface area contributed by atoms with Crippen LogP contribution < -0.4 is 5.32 Å². The summed E-state index contributed by atoms with van der Waals surface area (Å²) in [6.45, 7) is 5.07. The molecule has 0 spiro atoms. The molecule has 0 atom stereocenters. The number of nitrogens with zero attached hydrogens (tertiary/aromatic N) is 2. The summed E-state index contributed by atoms with van der Waals surface area (Å²) >= 11 is 5.84. The van der Waals surface area contributed by atoms with Gasteiger partial charge in [-0.05, 0) is 42.0 Å². The lowest BCUT2D eigenvalue weighted by atomic mass is 10.2. The van der Waals surface area contributed by atoms with E-state index in [0.29, 0.717) is 0 Å². The summed E-state index contributed by atoms with van der Waals surface area (Å²) in [5, 5.41) is 3.36. The Kier molecular flexibility index (Phi) is 5.15. The number of halogens is 2. The molecule has 0 saturated heterocycles. The van der Waals surface area contributed by atoms with Crippen LogP contribution in [0.25, 0.3) is 11.4 Å². The van der Waals surface area contributed by atoms with Gasteiger partial charge in [0.05, 0.1) is 9.26 Å². The molecule has 0 amide bonds. The third-order valence-corrected chi connectivity index (χ3v) is 4.66. The van der Waals surface area contributed by atoms with Crippen molar-refractivity contribution in [2.24, 2.45) is 0 Å². The van der Waals surface area contributed by atoms with E-state index < -0.39 is 0 Å². The van der Waals surface area contributed by atoms with Crippen molar-refractivity contribution in [1.29, 1.82) is 0 Å². The van der Waals surface area contributed by atoms with E-state index in [4.69, 9.17) is 0 Å². The van der Waals surface area contributed by atoms with E-state index >= 15 is 0 Å². The van der Waals surface area contributed by atoms with Gasteiger partial charge in [-0.2, -0.15) is 0 Å². The lowest BCUT2D eigenvalue weighted by Gasteiger charge is -2.11. The van der Waals surface area contributed by atoms with Crippen LogP contribution >= 0.6 is 38.5 Å². The molecule has 2 rings (SSSR count). The number of aromatic nitrogens is 2. The van der Waals surface area contributed by atoms with Crippen LogP contribution in [0.5, 0.6) is 0 Å². The highest BCUT2D eigenvalue weighted by Crippen LogP contribution is 2.28. The van der Waals surface area contributed by atoms with E-state index in [1.54, 1.807) is 0 Å². The molecule has 5 heteroatoms. The maximum Gasteiger partial charge on any atom is 0.162 e. The summed E-state index contributed by atoms with van der Waals surface area (Å²) in [6, 6.07) is 8.01. The summed E-state index contributed by atoms with van der Waals surface area (Å²) < 4.78 is 2.10. The number of nitrogens with one attached hydrogen (secondary N) is 1. The predicted molar refractivity (Wildman–Crippen MR) is 91.4 cm³/mol. The minimum absolute atomic E-state index is 0.754. The number of hydrogen-bond donors (Lipinski definition) is 1. The zero-order chi connectivity index (χ0) is 13.8. The Labute approximate surface area is 135 Å². The molecule has 0 fully saturated rings. The predicted octanol–water partition coefficient (Wildman–Crippen LogP) is 4.64. The van der Waals surface area contributed by atoms with Crippen LogP contribution in [-0.4, -0.2) is 16.5 Å². The molecule has 0 bridgehead atoms. The second kappa shape index (κ2) is 6.65. The molecule has 2 aromatic rings. The first-order valence-electron chi connectivity index (χ1n) is 6.16. The molecule has 1 heterocycles. The highest BCUT2D eigenvalue weighted by Gasteiger charge is 2.12. The summed E-state index contributed by atoms with van der Waals surface area (Å²) in [5.74, 6) is 1.67. The number of aryl methyl sites for hydroxylation is 1. The van der Waals surface area contributed by atoms with E-state index in [-0.39, 0.29) is 0 Å². The van der Waals surface area contributed by atoms with Crippen molar-refractivity contribution in [1.82, 2.24) is 9.97 Å². The number of anilines is 1. The molecular formula is C14H15BrIN3. The standard InChI is InChI=1S/C14H15BrIN3/c1-3-8-17-14-12(16)9(2)18-13(19-14)10-6-4-5-7-11(10)15/h4-7H,3,8H2,1-2H3,(H,17,18,19). The normalized spacial score (nSPS) is 10.5. The van der Waals surface area contributed by atoms with Gasteiger partial charge >= 0.3 is 0 Å². The Balaban J connectivity index is 2.47. The largest absolute Gasteiger partial charge is 0.369 e. The van der Waals surface area contributed by atoms with Crippen molar-refractivity contribution in [2.45, 2.75) is 20.3 Å². The Morgan fingerprint density at radius 1 is 1.26 bits per heavy atom. The van der Waals surface area contributed by atoms with Crippen molar-refractivity contribution in [2.75, 3.05) is 11.9 Å². The Bertz CT molecular complexity index is 587. The zero-order valence-electron chi connectivity index (χ0n) is 10.9. The second-order valence-electron chi connectivity index (χ2n) is 4.20. The Morgan fingerprint density at radius 2 is 2.00 bits per heavy atom. The fourth-order valence-corrected chi connectivity index (χ4v) is 2.58. The lowest BCUT2D eigenvalue weighted by molar-refractivity contribution is 0.958. The van der Waals surface area contributed by atoms with Gasteiger partial charge in [0.25, 0.3) is 0 Å². The van der Waals surface area contributed by atoms with Gasteiger partial charge in [0.15, 0.2) is 5.82 Å². The van der Waals surface area contributed by atoms with Gasteiger partial charge in [0, 0.05) is 16.6 Å². The minimum atomic E-state index is 0.754. The zero-order valence-corrected chi connectivity index (χ0v) is 14.6. The molecule has 0 aliphatic rings. The monoisotopic (exact) mass is 431 g/mol. The molecule has 0 unspecified atom stereocenters. The van der Waals surface area contributed by atoms with Crippen molar-refractivity contribution < 1.29 is 0 Å². The average molecular weight is 432 g/mol. The van der Waals surface area contributed by atoms with E-state index in [0.717, 1.165) is 43.9 Å². The van der Waals surface area contributed by atoms with E-state index in [9.17, 15) is 0 Å². The quantitative estimate of drug-likeness (QED) is 0.716. The molecule has 0 saturated carbocycles. The maximum atomic E-state index is 4.64. The number of rotatable bonds is 4. The molecular weight excluding hydrogens is 417 g/mol. The summed E-state index contributed by atoms with van der Waals surface area (Å²) in [6.07, 6.45) is 1.07. The molecule has 100 valence electrons. The first-order chi connectivity index (χ1) is 9.13. The lowest BCUT2D eigenvalue weighted by Crippen LogP contribution is -2.07. The molecule has 1 N–H and O–H groups in total. The fourth-order valence-electron chi connectivity index (χ4n) is 1.68. The van der Waals surface area contributed by atoms with Crippen LogP contribution in [0.3, 0.4) is 0 Å². The average Bonchev–Trinajstić information content (AvgIpc) is 2.41. The maximum absolute atomic E-state index is 4.64. The Morgan fingerprint density at radius 3 is 2.68 bits per heavy atom. The van der Waals surface area contributed by atoms with Crippen LogP contribution in [0.15, 0.2) is 28.7 Å². The summed E-state index contributed by atoms with van der Waals surface area (Å²) in [5.41, 5.74) is 2.02. The van der Waals surface area contributed by atoms with Crippen molar-refractivity contribution >= 4 is 44.3 Å². The van der Waals surface area contributed by atoms with Gasteiger partial charge in [0.1, 0.15) is 5.82 Å². The van der Waals surface area contributed by atoms with Gasteiger partial charge in [-0.25, -0.2) is 9.97 Å². The van der Waals surface area contributed by atoms with Gasteiger partial charge in [0.2, 0.25) is 0 Å². The molecule has 3 nitrogen and oxygen atoms in total. The van der Waals surface area contributed by atoms with Crippen LogP contribution in [-0.2, 0) is 0 Å². The van der Waals surface area contributed by atoms with Gasteiger partial charge in [-0.15, -0.1) is 0 Å². The third kappa shape index (κ3) is 3.45. The topological polar surface area (TPSA) is 37.8 Å². The van der Waals surface area contributed by atoms with Crippen molar-refractivity contribution in [3.05, 3.63) is 38.0 Å². The van der Waals surface area contributed by atoms with Crippen molar-refractivity contribution in [3.63, 3.8) is 0 Å². The first kappa shape index (κ1) is 14.7. The molecule has 19 heavy (non-hydrogen) atoms. The van der Waals surface area contributed by atoms with Gasteiger partial charge in [-0.1, -0.05) is 41.1 Å². The third-order valence-electron chi connectivity index (χ3n) is 2.67. The van der Waals surface area contributed by atoms with Crippen LogP contribution in [0.2, 0.25) is 0 Å². The molecule has 1 aromatic heterocycles. The highest BCUT2D eigenvalue weighted by molar-refractivity contribution is 14.1. The summed E-state index contributed by atoms with van der Waals surface area (Å²) in [4.78, 5) is 9.23. The van der Waals surface area contributed by atoms with Crippen LogP contribution in [0, 0.1) is 10.5 Å². The van der Waals surface area contributed by atoms with E-state index in [2.05, 4.69) is 60.7 Å². The molecule has 0 aliphatic carbocycles. The highest BCUT2D eigenvalue weighted by atomic mass is 127. The van der Waals surface area contributed by atoms with Crippen LogP contribution in [0.4, 0.5) is 5.82 Å². The number of hydrogen-bond acceptors (Lipinski definition) is 3. The van der Waals surface area contributed by atoms with Gasteiger partial charge < -0.3 is 5.32 Å². The van der Waals surface area contributed by atoms with Gasteiger partial charge in [-0.3, -0.25) is 0 Å². The fraction of sp³-hybridized carbons (Fsp3) is 0.286. The SMILES string of the molecule is CCCNc1nc(-c2ccccc2Br)nc(C)c1I. The van der Waals surface area contributed by atoms with E-state index in [1.807, 2.05) is 31.2 Å². The first-order valence-corrected chi connectivity index (χ1v) is 8.03. The van der Waals surface area contributed by atoms with Crippen LogP contribution in [0.1, 0.15) is 19.0 Å². The summed E-state index contributed by atoms with van der Waals surface area (Å²) in [7, 11) is 0. The second-order valence-corrected chi connectivity index (χ2v) is 6.13. The molecule has 1 aromatic carbocycles. The Hall–Kier alpha value is -0.690. The molecule has 0 aliphatic heterocycles. The number of benzene rings is 1. The minimum Gasteiger partial charge on any atom is -0.369 e. The smallest absolute Gasteiger partial charge is 0.162 e.